The van der Waals surface area contributed by atoms with Crippen LogP contribution in [0.3, 0.4) is 0 Å². The van der Waals surface area contributed by atoms with Crippen LogP contribution in [0, 0.1) is 0 Å². The van der Waals surface area contributed by atoms with E-state index >= 15 is 0 Å². The van der Waals surface area contributed by atoms with E-state index in [0.717, 1.165) is 17.7 Å². The molecule has 1 fully saturated rings. The largest absolute Gasteiger partial charge is 0.416 e. The molecule has 27 heavy (non-hydrogen) atoms. The second kappa shape index (κ2) is 7.79. The van der Waals surface area contributed by atoms with Crippen molar-refractivity contribution in [1.82, 2.24) is 8.61 Å². The van der Waals surface area contributed by atoms with Crippen molar-refractivity contribution in [2.45, 2.75) is 25.7 Å². The summed E-state index contributed by atoms with van der Waals surface area (Å²) in [5.41, 5.74) is 0.318. The molecule has 1 aliphatic rings. The molecule has 0 N–H and O–H groups in total. The van der Waals surface area contributed by atoms with Crippen LogP contribution in [0.25, 0.3) is 0 Å². The zero-order chi connectivity index (χ0) is 19.7. The van der Waals surface area contributed by atoms with Crippen molar-refractivity contribution in [3.8, 4) is 0 Å². The van der Waals surface area contributed by atoms with E-state index in [1.165, 1.54) is 20.7 Å². The van der Waals surface area contributed by atoms with E-state index in [9.17, 15) is 21.6 Å². The summed E-state index contributed by atoms with van der Waals surface area (Å²) in [6.45, 7) is 0.738. The standard InChI is InChI=1S/C18H18ClF3N2O2S/c19-17-7-5-14(6-8-17)12-23-9-2-10-24(27(23,25)26)13-15-3-1-4-16(11-15)18(20,21)22/h1,3-8,11H,2,9-10,12-13H2. The van der Waals surface area contributed by atoms with Crippen LogP contribution in [0.15, 0.2) is 48.5 Å². The molecule has 1 heterocycles. The highest BCUT2D eigenvalue weighted by molar-refractivity contribution is 7.86. The molecule has 3 rings (SSSR count). The first kappa shape index (κ1) is 20.1. The van der Waals surface area contributed by atoms with Gasteiger partial charge in [-0.1, -0.05) is 41.9 Å². The Morgan fingerprint density at radius 1 is 0.926 bits per heavy atom. The number of hydrogen-bond donors (Lipinski definition) is 0. The Hall–Kier alpha value is -1.61. The van der Waals surface area contributed by atoms with Crippen LogP contribution in [0.4, 0.5) is 13.2 Å². The molecule has 0 aliphatic carbocycles. The minimum Gasteiger partial charge on any atom is -0.195 e. The summed E-state index contributed by atoms with van der Waals surface area (Å²) in [7, 11) is -3.77. The molecule has 0 radical (unpaired) electrons. The second-order valence-corrected chi connectivity index (χ2v) is 8.72. The Labute approximate surface area is 161 Å². The van der Waals surface area contributed by atoms with Gasteiger partial charge in [-0.25, -0.2) is 0 Å². The van der Waals surface area contributed by atoms with E-state index in [1.807, 2.05) is 0 Å². The number of nitrogens with zero attached hydrogens (tertiary/aromatic N) is 2. The Balaban J connectivity index is 1.77. The second-order valence-electron chi connectivity index (χ2n) is 6.35. The highest BCUT2D eigenvalue weighted by Gasteiger charge is 2.34. The van der Waals surface area contributed by atoms with Crippen LogP contribution in [0.5, 0.6) is 0 Å². The van der Waals surface area contributed by atoms with Gasteiger partial charge in [-0.15, -0.1) is 0 Å². The molecule has 0 aromatic heterocycles. The molecule has 0 amide bonds. The van der Waals surface area contributed by atoms with Gasteiger partial charge in [0.15, 0.2) is 0 Å². The number of alkyl halides is 3. The van der Waals surface area contributed by atoms with Crippen LogP contribution in [0.1, 0.15) is 23.1 Å². The molecule has 0 unspecified atom stereocenters. The molecule has 9 heteroatoms. The topological polar surface area (TPSA) is 40.6 Å². The molecule has 0 saturated carbocycles. The quantitative estimate of drug-likeness (QED) is 0.742. The van der Waals surface area contributed by atoms with Gasteiger partial charge in [0.05, 0.1) is 5.56 Å². The first-order chi connectivity index (χ1) is 12.7. The lowest BCUT2D eigenvalue weighted by molar-refractivity contribution is -0.137. The summed E-state index contributed by atoms with van der Waals surface area (Å²) in [6, 6.07) is 11.6. The van der Waals surface area contributed by atoms with Gasteiger partial charge >= 0.3 is 6.18 Å². The third-order valence-corrected chi connectivity index (χ3v) is 6.53. The molecule has 0 bridgehead atoms. The van der Waals surface area contributed by atoms with Gasteiger partial charge in [0.2, 0.25) is 0 Å². The van der Waals surface area contributed by atoms with E-state index in [2.05, 4.69) is 0 Å². The lowest BCUT2D eigenvalue weighted by Gasteiger charge is -2.34. The minimum absolute atomic E-state index is 0.0939. The summed E-state index contributed by atoms with van der Waals surface area (Å²) in [6.07, 6.45) is -3.86. The number of halogens is 4. The Bertz CT molecular complexity index is 902. The van der Waals surface area contributed by atoms with Gasteiger partial charge in [0.25, 0.3) is 10.2 Å². The molecule has 2 aromatic carbocycles. The average Bonchev–Trinajstić information content (AvgIpc) is 2.60. The maximum Gasteiger partial charge on any atom is 0.416 e. The molecule has 4 nitrogen and oxygen atoms in total. The summed E-state index contributed by atoms with van der Waals surface area (Å²) >= 11 is 5.85. The number of hydrogen-bond acceptors (Lipinski definition) is 2. The number of benzene rings is 2. The zero-order valence-electron chi connectivity index (χ0n) is 14.3. The maximum absolute atomic E-state index is 12.9. The SMILES string of the molecule is O=S1(=O)N(Cc2ccc(Cl)cc2)CCCN1Cc1cccc(C(F)(F)F)c1. The average molecular weight is 419 g/mol. The molecule has 0 spiro atoms. The normalized spacial score (nSPS) is 18.5. The van der Waals surface area contributed by atoms with Crippen molar-refractivity contribution < 1.29 is 21.6 Å². The summed E-state index contributed by atoms with van der Waals surface area (Å²) in [4.78, 5) is 0. The Morgan fingerprint density at radius 2 is 1.52 bits per heavy atom. The van der Waals surface area contributed by atoms with Gasteiger partial charge in [-0.05, 0) is 35.7 Å². The fraction of sp³-hybridized carbons (Fsp3) is 0.333. The third kappa shape index (κ3) is 4.82. The van der Waals surface area contributed by atoms with Crippen LogP contribution in [-0.2, 0) is 29.5 Å². The van der Waals surface area contributed by atoms with Crippen molar-refractivity contribution in [2.24, 2.45) is 0 Å². The third-order valence-electron chi connectivity index (χ3n) is 4.35. The van der Waals surface area contributed by atoms with Gasteiger partial charge in [0, 0.05) is 31.2 Å². The summed E-state index contributed by atoms with van der Waals surface area (Å²) in [5.74, 6) is 0. The molecular weight excluding hydrogens is 401 g/mol. The van der Waals surface area contributed by atoms with E-state index in [1.54, 1.807) is 24.3 Å². The molecule has 0 atom stereocenters. The Morgan fingerprint density at radius 3 is 2.11 bits per heavy atom. The van der Waals surface area contributed by atoms with Crippen molar-refractivity contribution >= 4 is 21.8 Å². The van der Waals surface area contributed by atoms with Gasteiger partial charge in [0.1, 0.15) is 0 Å². The maximum atomic E-state index is 12.9. The molecule has 1 aliphatic heterocycles. The van der Waals surface area contributed by atoms with Crippen molar-refractivity contribution in [3.63, 3.8) is 0 Å². The fourth-order valence-electron chi connectivity index (χ4n) is 2.98. The van der Waals surface area contributed by atoms with Crippen LogP contribution < -0.4 is 0 Å². The van der Waals surface area contributed by atoms with E-state index in [4.69, 9.17) is 11.6 Å². The smallest absolute Gasteiger partial charge is 0.195 e. The van der Waals surface area contributed by atoms with Crippen molar-refractivity contribution in [1.29, 1.82) is 0 Å². The molecule has 1 saturated heterocycles. The van der Waals surface area contributed by atoms with E-state index in [-0.39, 0.29) is 19.6 Å². The van der Waals surface area contributed by atoms with Gasteiger partial charge in [-0.3, -0.25) is 0 Å². The molecule has 146 valence electrons. The molecular formula is C18H18ClF3N2O2S. The zero-order valence-corrected chi connectivity index (χ0v) is 15.9. The minimum atomic E-state index is -4.46. The van der Waals surface area contributed by atoms with Crippen LogP contribution in [0.2, 0.25) is 5.02 Å². The van der Waals surface area contributed by atoms with Gasteiger partial charge in [-0.2, -0.15) is 30.2 Å². The van der Waals surface area contributed by atoms with E-state index < -0.39 is 21.9 Å². The van der Waals surface area contributed by atoms with Crippen molar-refractivity contribution in [2.75, 3.05) is 13.1 Å². The highest BCUT2D eigenvalue weighted by atomic mass is 35.5. The van der Waals surface area contributed by atoms with E-state index in [0.29, 0.717) is 23.6 Å². The fourth-order valence-corrected chi connectivity index (χ4v) is 4.78. The number of rotatable bonds is 4. The molecule has 2 aromatic rings. The van der Waals surface area contributed by atoms with Crippen LogP contribution >= 0.6 is 11.6 Å². The highest BCUT2D eigenvalue weighted by Crippen LogP contribution is 2.30. The predicted molar refractivity (Wildman–Crippen MR) is 97.3 cm³/mol. The lowest BCUT2D eigenvalue weighted by atomic mass is 10.1. The predicted octanol–water partition coefficient (Wildman–Crippen LogP) is 4.31. The first-order valence-electron chi connectivity index (χ1n) is 8.32. The van der Waals surface area contributed by atoms with Gasteiger partial charge < -0.3 is 0 Å². The summed E-state index contributed by atoms with van der Waals surface area (Å²) < 4.78 is 67.0. The first-order valence-corrected chi connectivity index (χ1v) is 10.1. The van der Waals surface area contributed by atoms with Crippen LogP contribution in [-0.4, -0.2) is 30.1 Å². The Kier molecular flexibility index (Phi) is 5.81. The van der Waals surface area contributed by atoms with Crippen molar-refractivity contribution in [3.05, 3.63) is 70.2 Å². The summed E-state index contributed by atoms with van der Waals surface area (Å²) in [5, 5.41) is 0.562. The lowest BCUT2D eigenvalue weighted by Crippen LogP contribution is -2.48. The monoisotopic (exact) mass is 418 g/mol.